The molecule has 1 aliphatic heterocycles. The first-order valence-electron chi connectivity index (χ1n) is 9.36. The number of nitrogens with zero attached hydrogens (tertiary/aromatic N) is 2. The van der Waals surface area contributed by atoms with Gasteiger partial charge in [0, 0.05) is 30.9 Å². The van der Waals surface area contributed by atoms with E-state index < -0.39 is 0 Å². The third-order valence-electron chi connectivity index (χ3n) is 4.88. The summed E-state index contributed by atoms with van der Waals surface area (Å²) in [6.07, 6.45) is 1.11. The first kappa shape index (κ1) is 19.0. The molecule has 1 aliphatic rings. The summed E-state index contributed by atoms with van der Waals surface area (Å²) in [4.78, 5) is 29.3. The molecule has 1 saturated heterocycles. The first-order chi connectivity index (χ1) is 13.0. The molecule has 0 aliphatic carbocycles. The lowest BCUT2D eigenvalue weighted by molar-refractivity contribution is -0.124. The van der Waals surface area contributed by atoms with Gasteiger partial charge in [-0.15, -0.1) is 0 Å². The van der Waals surface area contributed by atoms with Gasteiger partial charge in [-0.3, -0.25) is 9.59 Å². The molecule has 0 aromatic heterocycles. The molecule has 2 aromatic carbocycles. The van der Waals surface area contributed by atoms with Crippen LogP contribution in [0.4, 0.5) is 11.4 Å². The Morgan fingerprint density at radius 2 is 1.96 bits per heavy atom. The Hall–Kier alpha value is -2.82. The van der Waals surface area contributed by atoms with E-state index in [4.69, 9.17) is 4.74 Å². The van der Waals surface area contributed by atoms with Crippen LogP contribution in [-0.2, 0) is 9.59 Å². The van der Waals surface area contributed by atoms with Crippen LogP contribution in [0, 0.1) is 12.8 Å². The molecule has 0 spiro atoms. The number of carbonyl (C=O) groups is 2. The molecule has 0 radical (unpaired) electrons. The molecule has 1 heterocycles. The highest BCUT2D eigenvalue weighted by molar-refractivity contribution is 6.04. The van der Waals surface area contributed by atoms with E-state index >= 15 is 0 Å². The molecule has 27 heavy (non-hydrogen) atoms. The predicted molar refractivity (Wildman–Crippen MR) is 107 cm³/mol. The monoisotopic (exact) mass is 366 g/mol. The fourth-order valence-electron chi connectivity index (χ4n) is 3.49. The Morgan fingerprint density at radius 1 is 1.22 bits per heavy atom. The molecule has 5 heteroatoms. The van der Waals surface area contributed by atoms with Crippen LogP contribution < -0.4 is 14.5 Å². The number of aryl methyl sites for hydroxylation is 1. The van der Waals surface area contributed by atoms with Crippen LogP contribution >= 0.6 is 0 Å². The van der Waals surface area contributed by atoms with E-state index in [1.807, 2.05) is 60.4 Å². The van der Waals surface area contributed by atoms with Crippen molar-refractivity contribution in [3.05, 3.63) is 54.1 Å². The van der Waals surface area contributed by atoms with Crippen molar-refractivity contribution >= 4 is 23.2 Å². The van der Waals surface area contributed by atoms with E-state index in [-0.39, 0.29) is 24.2 Å². The summed E-state index contributed by atoms with van der Waals surface area (Å²) in [5.74, 6) is 0.421. The van der Waals surface area contributed by atoms with Gasteiger partial charge in [-0.1, -0.05) is 19.1 Å². The number of hydrogen-bond donors (Lipinski definition) is 0. The largest absolute Gasteiger partial charge is 0.497 e. The Kier molecular flexibility index (Phi) is 5.79. The normalized spacial score (nSPS) is 16.5. The lowest BCUT2D eigenvalue weighted by Crippen LogP contribution is -2.38. The van der Waals surface area contributed by atoms with Crippen molar-refractivity contribution in [1.82, 2.24) is 0 Å². The summed E-state index contributed by atoms with van der Waals surface area (Å²) in [6.45, 7) is 5.13. The number of carbonyl (C=O) groups excluding carboxylic acids is 2. The van der Waals surface area contributed by atoms with Crippen LogP contribution in [-0.4, -0.2) is 32.0 Å². The molecule has 2 amide bonds. The number of amides is 2. The zero-order valence-corrected chi connectivity index (χ0v) is 16.1. The lowest BCUT2D eigenvalue weighted by atomic mass is 10.1. The minimum absolute atomic E-state index is 0.0146. The van der Waals surface area contributed by atoms with Crippen LogP contribution in [0.1, 0.15) is 25.3 Å². The third kappa shape index (κ3) is 4.13. The minimum atomic E-state index is -0.327. The van der Waals surface area contributed by atoms with Gasteiger partial charge in [-0.25, -0.2) is 0 Å². The quantitative estimate of drug-likeness (QED) is 0.781. The second-order valence-corrected chi connectivity index (χ2v) is 6.93. The van der Waals surface area contributed by atoms with Gasteiger partial charge in [0.15, 0.2) is 0 Å². The van der Waals surface area contributed by atoms with E-state index in [0.717, 1.165) is 29.1 Å². The predicted octanol–water partition coefficient (Wildman–Crippen LogP) is 3.80. The molecule has 1 fully saturated rings. The standard InChI is InChI=1S/C22H26N2O3/c1-4-12-23(19-7-5-6-16(2)13-19)22(26)17-14-21(25)24(15-17)18-8-10-20(27-3)11-9-18/h5-11,13,17H,4,12,14-15H2,1-3H3. The fraction of sp³-hybridized carbons (Fsp3) is 0.364. The maximum absolute atomic E-state index is 13.2. The van der Waals surface area contributed by atoms with Gasteiger partial charge in [-0.05, 0) is 55.3 Å². The second-order valence-electron chi connectivity index (χ2n) is 6.93. The maximum atomic E-state index is 13.2. The Bertz CT molecular complexity index is 817. The van der Waals surface area contributed by atoms with Crippen molar-refractivity contribution in [3.63, 3.8) is 0 Å². The zero-order chi connectivity index (χ0) is 19.4. The molecule has 1 atom stereocenters. The van der Waals surface area contributed by atoms with Gasteiger partial charge >= 0.3 is 0 Å². The number of ether oxygens (including phenoxy) is 1. The topological polar surface area (TPSA) is 49.9 Å². The van der Waals surface area contributed by atoms with Gasteiger partial charge in [0.05, 0.1) is 13.0 Å². The lowest BCUT2D eigenvalue weighted by Gasteiger charge is -2.26. The molecule has 2 aromatic rings. The highest BCUT2D eigenvalue weighted by Gasteiger charge is 2.37. The summed E-state index contributed by atoms with van der Waals surface area (Å²) in [7, 11) is 1.61. The molecular formula is C22H26N2O3. The average molecular weight is 366 g/mol. The highest BCUT2D eigenvalue weighted by Crippen LogP contribution is 2.29. The minimum Gasteiger partial charge on any atom is -0.497 e. The summed E-state index contributed by atoms with van der Waals surface area (Å²) >= 11 is 0. The number of anilines is 2. The zero-order valence-electron chi connectivity index (χ0n) is 16.1. The van der Waals surface area contributed by atoms with E-state index in [9.17, 15) is 9.59 Å². The van der Waals surface area contributed by atoms with Crippen LogP contribution in [0.3, 0.4) is 0 Å². The first-order valence-corrected chi connectivity index (χ1v) is 9.36. The summed E-state index contributed by atoms with van der Waals surface area (Å²) in [5.41, 5.74) is 2.81. The van der Waals surface area contributed by atoms with E-state index in [1.165, 1.54) is 0 Å². The number of methoxy groups -OCH3 is 1. The van der Waals surface area contributed by atoms with Gasteiger partial charge in [-0.2, -0.15) is 0 Å². The second kappa shape index (κ2) is 8.25. The maximum Gasteiger partial charge on any atom is 0.232 e. The van der Waals surface area contributed by atoms with E-state index in [2.05, 4.69) is 6.92 Å². The van der Waals surface area contributed by atoms with Crippen molar-refractivity contribution in [2.75, 3.05) is 30.0 Å². The van der Waals surface area contributed by atoms with Crippen molar-refractivity contribution in [2.24, 2.45) is 5.92 Å². The van der Waals surface area contributed by atoms with Crippen molar-refractivity contribution < 1.29 is 14.3 Å². The Labute approximate surface area is 160 Å². The smallest absolute Gasteiger partial charge is 0.232 e. The summed E-state index contributed by atoms with van der Waals surface area (Å²) in [5, 5.41) is 0. The SMILES string of the molecule is CCCN(C(=O)C1CC(=O)N(c2ccc(OC)cc2)C1)c1cccc(C)c1. The van der Waals surface area contributed by atoms with Crippen LogP contribution in [0.25, 0.3) is 0 Å². The molecule has 1 unspecified atom stereocenters. The molecule has 0 N–H and O–H groups in total. The number of benzene rings is 2. The van der Waals surface area contributed by atoms with Gasteiger partial charge < -0.3 is 14.5 Å². The van der Waals surface area contributed by atoms with Crippen LogP contribution in [0.15, 0.2) is 48.5 Å². The molecule has 3 rings (SSSR count). The molecule has 142 valence electrons. The van der Waals surface area contributed by atoms with E-state index in [0.29, 0.717) is 13.1 Å². The van der Waals surface area contributed by atoms with Gasteiger partial charge in [0.25, 0.3) is 0 Å². The highest BCUT2D eigenvalue weighted by atomic mass is 16.5. The van der Waals surface area contributed by atoms with Crippen molar-refractivity contribution in [1.29, 1.82) is 0 Å². The van der Waals surface area contributed by atoms with Crippen molar-refractivity contribution in [2.45, 2.75) is 26.7 Å². The number of hydrogen-bond acceptors (Lipinski definition) is 3. The van der Waals surface area contributed by atoms with Gasteiger partial charge in [0.1, 0.15) is 5.75 Å². The van der Waals surface area contributed by atoms with E-state index in [1.54, 1.807) is 12.0 Å². The summed E-state index contributed by atoms with van der Waals surface area (Å²) < 4.78 is 5.17. The molecule has 0 saturated carbocycles. The van der Waals surface area contributed by atoms with Crippen LogP contribution in [0.2, 0.25) is 0 Å². The Balaban J connectivity index is 1.78. The average Bonchev–Trinajstić information content (AvgIpc) is 3.07. The molecular weight excluding hydrogens is 340 g/mol. The van der Waals surface area contributed by atoms with Gasteiger partial charge in [0.2, 0.25) is 11.8 Å². The van der Waals surface area contributed by atoms with Crippen LogP contribution in [0.5, 0.6) is 5.75 Å². The summed E-state index contributed by atoms with van der Waals surface area (Å²) in [6, 6.07) is 15.3. The Morgan fingerprint density at radius 3 is 2.59 bits per heavy atom. The third-order valence-corrected chi connectivity index (χ3v) is 4.88. The molecule has 0 bridgehead atoms. The number of rotatable bonds is 6. The fourth-order valence-corrected chi connectivity index (χ4v) is 3.49. The van der Waals surface area contributed by atoms with Crippen molar-refractivity contribution in [3.8, 4) is 5.75 Å². The molecule has 5 nitrogen and oxygen atoms in total.